The molecule has 1 aliphatic heterocycles. The van der Waals surface area contributed by atoms with E-state index in [2.05, 4.69) is 5.32 Å². The monoisotopic (exact) mass is 373 g/mol. The Morgan fingerprint density at radius 3 is 2.15 bits per heavy atom. The Morgan fingerprint density at radius 1 is 1.00 bits per heavy atom. The first-order valence-corrected chi connectivity index (χ1v) is 8.93. The molecule has 144 valence electrons. The van der Waals surface area contributed by atoms with Crippen molar-refractivity contribution in [1.82, 2.24) is 9.80 Å². The van der Waals surface area contributed by atoms with E-state index >= 15 is 0 Å². The molecule has 8 nitrogen and oxygen atoms in total. The maximum absolute atomic E-state index is 12.9. The van der Waals surface area contributed by atoms with Crippen LogP contribution in [-0.4, -0.2) is 66.8 Å². The molecule has 0 radical (unpaired) electrons. The van der Waals surface area contributed by atoms with Crippen molar-refractivity contribution in [3.8, 4) is 0 Å². The van der Waals surface area contributed by atoms with Crippen molar-refractivity contribution >= 4 is 29.4 Å². The van der Waals surface area contributed by atoms with Crippen molar-refractivity contribution in [2.75, 3.05) is 38.6 Å². The molecule has 1 aromatic rings. The van der Waals surface area contributed by atoms with E-state index in [1.807, 2.05) is 0 Å². The molecule has 2 fully saturated rings. The maximum atomic E-state index is 12.9. The molecule has 8 heteroatoms. The van der Waals surface area contributed by atoms with E-state index in [0.29, 0.717) is 44.7 Å². The average Bonchev–Trinajstić information content (AvgIpc) is 3.49. The third-order valence-electron chi connectivity index (χ3n) is 5.19. The first kappa shape index (κ1) is 18.9. The van der Waals surface area contributed by atoms with E-state index in [1.165, 1.54) is 14.0 Å². The first-order chi connectivity index (χ1) is 12.9. The fraction of sp³-hybridized carbons (Fsp3) is 0.474. The minimum absolute atomic E-state index is 0.0135. The number of rotatable bonds is 4. The van der Waals surface area contributed by atoms with Crippen LogP contribution in [0.3, 0.4) is 0 Å². The Morgan fingerprint density at radius 2 is 1.59 bits per heavy atom. The molecular weight excluding hydrogens is 350 g/mol. The van der Waals surface area contributed by atoms with Gasteiger partial charge in [0.05, 0.1) is 18.4 Å². The Labute approximate surface area is 157 Å². The molecule has 3 rings (SSSR count). The van der Waals surface area contributed by atoms with Crippen LogP contribution in [-0.2, 0) is 19.1 Å². The third-order valence-corrected chi connectivity index (χ3v) is 5.19. The van der Waals surface area contributed by atoms with Crippen LogP contribution in [0.15, 0.2) is 24.3 Å². The van der Waals surface area contributed by atoms with Gasteiger partial charge in [0.25, 0.3) is 0 Å². The zero-order valence-electron chi connectivity index (χ0n) is 15.5. The van der Waals surface area contributed by atoms with Crippen LogP contribution in [0, 0.1) is 5.41 Å². The Balaban J connectivity index is 1.70. The fourth-order valence-electron chi connectivity index (χ4n) is 3.31. The SMILES string of the molecule is COC(=O)c1ccccc1NC(=O)C1(C(=O)N2CCN(C(C)=O)CC2)CC1. The van der Waals surface area contributed by atoms with Crippen LogP contribution < -0.4 is 5.32 Å². The smallest absolute Gasteiger partial charge is 0.339 e. The van der Waals surface area contributed by atoms with Gasteiger partial charge in [0.15, 0.2) is 0 Å². The van der Waals surface area contributed by atoms with Crippen molar-refractivity contribution in [3.63, 3.8) is 0 Å². The molecule has 1 N–H and O–H groups in total. The molecule has 0 bridgehead atoms. The van der Waals surface area contributed by atoms with Gasteiger partial charge >= 0.3 is 5.97 Å². The van der Waals surface area contributed by atoms with Gasteiger partial charge in [-0.25, -0.2) is 4.79 Å². The van der Waals surface area contributed by atoms with E-state index in [0.717, 1.165) is 0 Å². The number of piperazine rings is 1. The number of benzene rings is 1. The molecule has 1 saturated carbocycles. The zero-order chi connectivity index (χ0) is 19.6. The van der Waals surface area contributed by atoms with E-state index in [1.54, 1.807) is 34.1 Å². The van der Waals surface area contributed by atoms with Crippen molar-refractivity contribution in [2.45, 2.75) is 19.8 Å². The van der Waals surface area contributed by atoms with Gasteiger partial charge in [0, 0.05) is 33.1 Å². The van der Waals surface area contributed by atoms with Crippen LogP contribution in [0.4, 0.5) is 5.69 Å². The summed E-state index contributed by atoms with van der Waals surface area (Å²) in [6.07, 6.45) is 0.954. The van der Waals surface area contributed by atoms with Crippen LogP contribution in [0.1, 0.15) is 30.1 Å². The lowest BCUT2D eigenvalue weighted by Gasteiger charge is -2.35. The van der Waals surface area contributed by atoms with E-state index in [-0.39, 0.29) is 17.4 Å². The Bertz CT molecular complexity index is 779. The Kier molecular flexibility index (Phi) is 5.16. The predicted molar refractivity (Wildman–Crippen MR) is 96.9 cm³/mol. The second-order valence-corrected chi connectivity index (χ2v) is 6.87. The van der Waals surface area contributed by atoms with Gasteiger partial charge in [0.2, 0.25) is 17.7 Å². The number of carbonyl (C=O) groups is 4. The molecule has 27 heavy (non-hydrogen) atoms. The van der Waals surface area contributed by atoms with Gasteiger partial charge in [-0.05, 0) is 25.0 Å². The van der Waals surface area contributed by atoms with Crippen LogP contribution >= 0.6 is 0 Å². The number of anilines is 1. The number of ether oxygens (including phenoxy) is 1. The van der Waals surface area contributed by atoms with Crippen LogP contribution in [0.5, 0.6) is 0 Å². The van der Waals surface area contributed by atoms with E-state index in [4.69, 9.17) is 4.74 Å². The summed E-state index contributed by atoms with van der Waals surface area (Å²) >= 11 is 0. The van der Waals surface area contributed by atoms with Crippen molar-refractivity contribution in [1.29, 1.82) is 0 Å². The summed E-state index contributed by atoms with van der Waals surface area (Å²) in [5.41, 5.74) is -0.511. The molecule has 1 heterocycles. The normalized spacial score (nSPS) is 17.9. The summed E-state index contributed by atoms with van der Waals surface area (Å²) in [5.74, 6) is -1.18. The highest BCUT2D eigenvalue weighted by molar-refractivity contribution is 6.14. The summed E-state index contributed by atoms with van der Waals surface area (Å²) in [7, 11) is 1.27. The summed E-state index contributed by atoms with van der Waals surface area (Å²) < 4.78 is 4.73. The van der Waals surface area contributed by atoms with Gasteiger partial charge < -0.3 is 19.9 Å². The molecule has 1 aromatic carbocycles. The highest BCUT2D eigenvalue weighted by Crippen LogP contribution is 2.48. The van der Waals surface area contributed by atoms with Gasteiger partial charge in [-0.3, -0.25) is 14.4 Å². The number of esters is 1. The largest absolute Gasteiger partial charge is 0.465 e. The summed E-state index contributed by atoms with van der Waals surface area (Å²) in [4.78, 5) is 52.4. The summed E-state index contributed by atoms with van der Waals surface area (Å²) in [6.45, 7) is 3.30. The number of carbonyl (C=O) groups excluding carboxylic acids is 4. The number of hydrogen-bond donors (Lipinski definition) is 1. The number of hydrogen-bond acceptors (Lipinski definition) is 5. The topological polar surface area (TPSA) is 96.0 Å². The van der Waals surface area contributed by atoms with Gasteiger partial charge in [-0.15, -0.1) is 0 Å². The zero-order valence-corrected chi connectivity index (χ0v) is 15.5. The van der Waals surface area contributed by atoms with Gasteiger partial charge in [-0.1, -0.05) is 12.1 Å². The molecular formula is C19H23N3O5. The second kappa shape index (κ2) is 7.38. The number of methoxy groups -OCH3 is 1. The lowest BCUT2D eigenvalue weighted by atomic mass is 10.0. The van der Waals surface area contributed by atoms with E-state index in [9.17, 15) is 19.2 Å². The summed E-state index contributed by atoms with van der Waals surface area (Å²) in [6, 6.07) is 6.54. The van der Waals surface area contributed by atoms with Crippen molar-refractivity contribution < 1.29 is 23.9 Å². The summed E-state index contributed by atoms with van der Waals surface area (Å²) in [5, 5.41) is 2.72. The molecule has 0 unspecified atom stereocenters. The molecule has 0 atom stereocenters. The van der Waals surface area contributed by atoms with E-state index < -0.39 is 17.3 Å². The lowest BCUT2D eigenvalue weighted by Crippen LogP contribution is -2.53. The fourth-order valence-corrected chi connectivity index (χ4v) is 3.31. The predicted octanol–water partition coefficient (Wildman–Crippen LogP) is 0.883. The number of nitrogens with zero attached hydrogens (tertiary/aromatic N) is 2. The first-order valence-electron chi connectivity index (χ1n) is 8.93. The third kappa shape index (κ3) is 3.65. The highest BCUT2D eigenvalue weighted by Gasteiger charge is 2.58. The Hall–Kier alpha value is -2.90. The molecule has 0 aromatic heterocycles. The molecule has 2 aliphatic rings. The van der Waals surface area contributed by atoms with Crippen molar-refractivity contribution in [3.05, 3.63) is 29.8 Å². The maximum Gasteiger partial charge on any atom is 0.339 e. The number of nitrogens with one attached hydrogen (secondary N) is 1. The van der Waals surface area contributed by atoms with Crippen molar-refractivity contribution in [2.24, 2.45) is 5.41 Å². The van der Waals surface area contributed by atoms with Gasteiger partial charge in [0.1, 0.15) is 5.41 Å². The minimum Gasteiger partial charge on any atom is -0.465 e. The second-order valence-electron chi connectivity index (χ2n) is 6.87. The molecule has 3 amide bonds. The minimum atomic E-state index is -1.08. The van der Waals surface area contributed by atoms with Crippen LogP contribution in [0.25, 0.3) is 0 Å². The average molecular weight is 373 g/mol. The number of amides is 3. The molecule has 0 spiro atoms. The lowest BCUT2D eigenvalue weighted by molar-refractivity contribution is -0.146. The molecule has 1 aliphatic carbocycles. The quantitative estimate of drug-likeness (QED) is 0.624. The van der Waals surface area contributed by atoms with Gasteiger partial charge in [-0.2, -0.15) is 0 Å². The highest BCUT2D eigenvalue weighted by atomic mass is 16.5. The standard InChI is InChI=1S/C19H23N3O5/c1-13(23)21-9-11-22(12-10-21)18(26)19(7-8-19)17(25)20-15-6-4-3-5-14(15)16(24)27-2/h3-6H,7-12H2,1-2H3,(H,20,25). The van der Waals surface area contributed by atoms with Crippen LogP contribution in [0.2, 0.25) is 0 Å². The number of para-hydroxylation sites is 1. The molecule has 1 saturated heterocycles.